The number of nitrogens with one attached hydrogen (secondary N) is 1. The highest BCUT2D eigenvalue weighted by molar-refractivity contribution is 7.99. The Balaban J connectivity index is 2.24. The molecule has 0 saturated heterocycles. The maximum absolute atomic E-state index is 11.7. The molecule has 2 aromatic rings. The maximum atomic E-state index is 11.7. The molecule has 0 bridgehead atoms. The van der Waals surface area contributed by atoms with Crippen LogP contribution in [0.2, 0.25) is 0 Å². The van der Waals surface area contributed by atoms with Gasteiger partial charge >= 0.3 is 0 Å². The fourth-order valence-electron chi connectivity index (χ4n) is 1.59. The molecule has 1 aromatic carbocycles. The summed E-state index contributed by atoms with van der Waals surface area (Å²) in [6.45, 7) is 6.01. The first-order chi connectivity index (χ1) is 9.58. The minimum atomic E-state index is -0.200. The molecular formula is C15H18N2O2S. The van der Waals surface area contributed by atoms with E-state index in [1.165, 1.54) is 17.8 Å². The van der Waals surface area contributed by atoms with E-state index in [0.29, 0.717) is 11.0 Å². The number of aromatic nitrogens is 2. The van der Waals surface area contributed by atoms with Crippen LogP contribution in [0.25, 0.3) is 0 Å². The SMILES string of the molecule is CCC(C)Oc1cc(=O)[nH]c(Sc2ccccc2C)n1. The van der Waals surface area contributed by atoms with E-state index in [-0.39, 0.29) is 11.7 Å². The Morgan fingerprint density at radius 2 is 2.15 bits per heavy atom. The van der Waals surface area contributed by atoms with Crippen molar-refractivity contribution in [2.45, 2.75) is 43.3 Å². The second kappa shape index (κ2) is 6.61. The lowest BCUT2D eigenvalue weighted by Gasteiger charge is -2.12. The van der Waals surface area contributed by atoms with Crippen molar-refractivity contribution >= 4 is 11.8 Å². The summed E-state index contributed by atoms with van der Waals surface area (Å²) < 4.78 is 5.61. The number of rotatable bonds is 5. The number of aryl methyl sites for hydroxylation is 1. The van der Waals surface area contributed by atoms with Crippen molar-refractivity contribution in [3.63, 3.8) is 0 Å². The van der Waals surface area contributed by atoms with Crippen molar-refractivity contribution in [2.75, 3.05) is 0 Å². The summed E-state index contributed by atoms with van der Waals surface area (Å²) in [4.78, 5) is 19.8. The normalized spacial score (nSPS) is 12.2. The highest BCUT2D eigenvalue weighted by atomic mass is 32.2. The summed E-state index contributed by atoms with van der Waals surface area (Å²) >= 11 is 1.43. The molecule has 0 saturated carbocycles. The third kappa shape index (κ3) is 3.87. The monoisotopic (exact) mass is 290 g/mol. The van der Waals surface area contributed by atoms with E-state index < -0.39 is 0 Å². The van der Waals surface area contributed by atoms with Crippen LogP contribution in [0.3, 0.4) is 0 Å². The fourth-order valence-corrected chi connectivity index (χ4v) is 2.46. The van der Waals surface area contributed by atoms with Gasteiger partial charge in [0.15, 0.2) is 5.16 Å². The number of aromatic amines is 1. The van der Waals surface area contributed by atoms with Gasteiger partial charge in [0, 0.05) is 4.90 Å². The molecule has 0 radical (unpaired) electrons. The summed E-state index contributed by atoms with van der Waals surface area (Å²) in [5.41, 5.74) is 0.947. The van der Waals surface area contributed by atoms with E-state index in [9.17, 15) is 4.79 Å². The predicted molar refractivity (Wildman–Crippen MR) is 80.5 cm³/mol. The number of hydrogen-bond donors (Lipinski definition) is 1. The molecule has 1 unspecified atom stereocenters. The summed E-state index contributed by atoms with van der Waals surface area (Å²) in [6, 6.07) is 9.36. The van der Waals surface area contributed by atoms with Gasteiger partial charge in [-0.25, -0.2) is 0 Å². The standard InChI is InChI=1S/C15H18N2O2S/c1-4-11(3)19-14-9-13(18)16-15(17-14)20-12-8-6-5-7-10(12)2/h5-9,11H,4H2,1-3H3,(H,16,17,18). The highest BCUT2D eigenvalue weighted by Crippen LogP contribution is 2.27. The van der Waals surface area contributed by atoms with Crippen LogP contribution in [0.5, 0.6) is 5.88 Å². The van der Waals surface area contributed by atoms with Gasteiger partial charge in [-0.1, -0.05) is 36.9 Å². The number of benzene rings is 1. The highest BCUT2D eigenvalue weighted by Gasteiger charge is 2.08. The zero-order chi connectivity index (χ0) is 14.5. The van der Waals surface area contributed by atoms with E-state index >= 15 is 0 Å². The summed E-state index contributed by atoms with van der Waals surface area (Å²) in [5.74, 6) is 0.374. The second-order valence-corrected chi connectivity index (χ2v) is 5.62. The molecule has 1 aromatic heterocycles. The minimum Gasteiger partial charge on any atom is -0.474 e. The van der Waals surface area contributed by atoms with E-state index in [1.807, 2.05) is 45.0 Å². The van der Waals surface area contributed by atoms with Crippen LogP contribution < -0.4 is 10.3 Å². The Hall–Kier alpha value is -1.75. The molecule has 0 amide bonds. The molecule has 1 N–H and O–H groups in total. The average molecular weight is 290 g/mol. The van der Waals surface area contributed by atoms with Crippen molar-refractivity contribution in [3.05, 3.63) is 46.2 Å². The first kappa shape index (κ1) is 14.7. The van der Waals surface area contributed by atoms with Crippen molar-refractivity contribution in [2.24, 2.45) is 0 Å². The third-order valence-electron chi connectivity index (χ3n) is 2.89. The molecule has 0 aliphatic carbocycles. The molecule has 20 heavy (non-hydrogen) atoms. The fraction of sp³-hybridized carbons (Fsp3) is 0.333. The largest absolute Gasteiger partial charge is 0.474 e. The molecule has 4 nitrogen and oxygen atoms in total. The molecule has 0 aliphatic rings. The molecule has 2 rings (SSSR count). The van der Waals surface area contributed by atoms with Gasteiger partial charge in [0.05, 0.1) is 12.2 Å². The molecule has 106 valence electrons. The molecule has 1 heterocycles. The Labute approximate surface area is 122 Å². The lowest BCUT2D eigenvalue weighted by atomic mass is 10.2. The molecule has 0 spiro atoms. The van der Waals surface area contributed by atoms with Crippen molar-refractivity contribution in [3.8, 4) is 5.88 Å². The van der Waals surface area contributed by atoms with Gasteiger partial charge in [-0.2, -0.15) is 4.98 Å². The third-order valence-corrected chi connectivity index (χ3v) is 3.96. The summed E-state index contributed by atoms with van der Waals surface area (Å²) in [7, 11) is 0. The Morgan fingerprint density at radius 3 is 2.85 bits per heavy atom. The van der Waals surface area contributed by atoms with Crippen molar-refractivity contribution < 1.29 is 4.74 Å². The lowest BCUT2D eigenvalue weighted by Crippen LogP contribution is -2.15. The zero-order valence-corrected chi connectivity index (χ0v) is 12.7. The molecule has 0 aliphatic heterocycles. The van der Waals surface area contributed by atoms with Crippen molar-refractivity contribution in [1.82, 2.24) is 9.97 Å². The van der Waals surface area contributed by atoms with E-state index in [2.05, 4.69) is 9.97 Å². The number of hydrogen-bond acceptors (Lipinski definition) is 4. The summed E-state index contributed by atoms with van der Waals surface area (Å²) in [6.07, 6.45) is 0.912. The van der Waals surface area contributed by atoms with E-state index in [4.69, 9.17) is 4.74 Å². The minimum absolute atomic E-state index is 0.0422. The van der Waals surface area contributed by atoms with Crippen LogP contribution >= 0.6 is 11.8 Å². The average Bonchev–Trinajstić information content (AvgIpc) is 2.40. The molecule has 0 fully saturated rings. The van der Waals surface area contributed by atoms with Crippen LogP contribution in [-0.2, 0) is 0 Å². The Bertz CT molecular complexity index is 640. The number of H-pyrrole nitrogens is 1. The van der Waals surface area contributed by atoms with Gasteiger partial charge in [-0.3, -0.25) is 4.79 Å². The predicted octanol–water partition coefficient (Wildman–Crippen LogP) is 3.41. The molecule has 5 heteroatoms. The van der Waals surface area contributed by atoms with Gasteiger partial charge in [0.2, 0.25) is 5.88 Å². The number of ether oxygens (including phenoxy) is 1. The van der Waals surface area contributed by atoms with Crippen LogP contribution in [0.15, 0.2) is 45.2 Å². The molecular weight excluding hydrogens is 272 g/mol. The Morgan fingerprint density at radius 1 is 1.40 bits per heavy atom. The Kier molecular flexibility index (Phi) is 4.84. The van der Waals surface area contributed by atoms with Crippen LogP contribution in [-0.4, -0.2) is 16.1 Å². The van der Waals surface area contributed by atoms with Gasteiger partial charge in [-0.05, 0) is 31.9 Å². The van der Waals surface area contributed by atoms with Gasteiger partial charge in [-0.15, -0.1) is 0 Å². The van der Waals surface area contributed by atoms with E-state index in [1.54, 1.807) is 0 Å². The lowest BCUT2D eigenvalue weighted by molar-refractivity contribution is 0.206. The van der Waals surface area contributed by atoms with Crippen LogP contribution in [0, 0.1) is 6.92 Å². The maximum Gasteiger partial charge on any atom is 0.255 e. The first-order valence-electron chi connectivity index (χ1n) is 6.60. The van der Waals surface area contributed by atoms with E-state index in [0.717, 1.165) is 16.9 Å². The van der Waals surface area contributed by atoms with Gasteiger partial charge in [0.1, 0.15) is 0 Å². The molecule has 1 atom stereocenters. The smallest absolute Gasteiger partial charge is 0.255 e. The van der Waals surface area contributed by atoms with Gasteiger partial charge < -0.3 is 9.72 Å². The van der Waals surface area contributed by atoms with Gasteiger partial charge in [0.25, 0.3) is 5.56 Å². The zero-order valence-electron chi connectivity index (χ0n) is 11.8. The topological polar surface area (TPSA) is 55.0 Å². The summed E-state index contributed by atoms with van der Waals surface area (Å²) in [5, 5.41) is 0.546. The second-order valence-electron chi connectivity index (χ2n) is 4.59. The van der Waals surface area contributed by atoms with Crippen molar-refractivity contribution in [1.29, 1.82) is 0 Å². The number of nitrogens with zero attached hydrogens (tertiary/aromatic N) is 1. The van der Waals surface area contributed by atoms with Crippen LogP contribution in [0.4, 0.5) is 0 Å². The first-order valence-corrected chi connectivity index (χ1v) is 7.41. The quantitative estimate of drug-likeness (QED) is 0.857. The van der Waals surface area contributed by atoms with Crippen LogP contribution in [0.1, 0.15) is 25.8 Å².